The smallest absolute Gasteiger partial charge is 0.326 e. The minimum absolute atomic E-state index is 0.205. The molecule has 0 aliphatic heterocycles. The number of methoxy groups -OCH3 is 1. The van der Waals surface area contributed by atoms with E-state index >= 15 is 0 Å². The first-order valence-electron chi connectivity index (χ1n) is 3.32. The average molecular weight is 155 g/mol. The zero-order valence-corrected chi connectivity index (χ0v) is 6.20. The Balaban J connectivity index is 2.66. The van der Waals surface area contributed by atoms with Gasteiger partial charge in [0.1, 0.15) is 0 Å². The van der Waals surface area contributed by atoms with E-state index in [-0.39, 0.29) is 12.8 Å². The van der Waals surface area contributed by atoms with Gasteiger partial charge >= 0.3 is 5.97 Å². The highest BCUT2D eigenvalue weighted by atomic mass is 16.5. The van der Waals surface area contributed by atoms with Crippen molar-refractivity contribution >= 4 is 5.97 Å². The SMILES string of the molecule is COC(=O)C1(C#N)CC(O)C1. The summed E-state index contributed by atoms with van der Waals surface area (Å²) in [4.78, 5) is 10.9. The first-order chi connectivity index (χ1) is 5.14. The molecule has 4 heteroatoms. The van der Waals surface area contributed by atoms with Crippen LogP contribution in [0.4, 0.5) is 0 Å². The highest BCUT2D eigenvalue weighted by Crippen LogP contribution is 2.41. The molecule has 0 aromatic heterocycles. The minimum Gasteiger partial charge on any atom is -0.468 e. The van der Waals surface area contributed by atoms with Gasteiger partial charge in [0, 0.05) is 12.8 Å². The summed E-state index contributed by atoms with van der Waals surface area (Å²) in [6.45, 7) is 0. The molecule has 1 saturated carbocycles. The molecule has 11 heavy (non-hydrogen) atoms. The van der Waals surface area contributed by atoms with Gasteiger partial charge in [-0.15, -0.1) is 0 Å². The van der Waals surface area contributed by atoms with Crippen molar-refractivity contribution in [3.05, 3.63) is 0 Å². The van der Waals surface area contributed by atoms with Crippen molar-refractivity contribution in [2.75, 3.05) is 7.11 Å². The van der Waals surface area contributed by atoms with Gasteiger partial charge in [-0.25, -0.2) is 0 Å². The second kappa shape index (κ2) is 2.51. The highest BCUT2D eigenvalue weighted by molar-refractivity contribution is 5.81. The fourth-order valence-electron chi connectivity index (χ4n) is 1.24. The molecular formula is C7H9NO3. The molecule has 1 rings (SSSR count). The normalized spacial score (nSPS) is 35.2. The average Bonchev–Trinajstić information content (AvgIpc) is 1.96. The molecule has 0 spiro atoms. The fraction of sp³-hybridized carbons (Fsp3) is 0.714. The van der Waals surface area contributed by atoms with Crippen LogP contribution in [-0.2, 0) is 9.53 Å². The molecule has 0 heterocycles. The number of hydrogen-bond donors (Lipinski definition) is 1. The molecule has 0 aromatic rings. The molecule has 1 aliphatic carbocycles. The van der Waals surface area contributed by atoms with Crippen molar-refractivity contribution < 1.29 is 14.6 Å². The Hall–Kier alpha value is -1.08. The molecule has 1 aliphatic rings. The van der Waals surface area contributed by atoms with Crippen molar-refractivity contribution in [1.29, 1.82) is 5.26 Å². The summed E-state index contributed by atoms with van der Waals surface area (Å²) in [6, 6.07) is 1.86. The number of carbonyl (C=O) groups excluding carboxylic acids is 1. The second-order valence-corrected chi connectivity index (χ2v) is 2.75. The summed E-state index contributed by atoms with van der Waals surface area (Å²) in [6.07, 6.45) is -0.111. The molecule has 0 amide bonds. The lowest BCUT2D eigenvalue weighted by Gasteiger charge is -2.36. The van der Waals surface area contributed by atoms with Crippen LogP contribution in [0.1, 0.15) is 12.8 Å². The lowest BCUT2D eigenvalue weighted by molar-refractivity contribution is -0.159. The van der Waals surface area contributed by atoms with E-state index in [9.17, 15) is 4.79 Å². The van der Waals surface area contributed by atoms with E-state index in [2.05, 4.69) is 4.74 Å². The molecule has 4 nitrogen and oxygen atoms in total. The van der Waals surface area contributed by atoms with Crippen LogP contribution in [0.3, 0.4) is 0 Å². The predicted molar refractivity (Wildman–Crippen MR) is 35.3 cm³/mol. The number of esters is 1. The minimum atomic E-state index is -1.06. The Morgan fingerprint density at radius 2 is 2.36 bits per heavy atom. The number of nitrogens with zero attached hydrogens (tertiary/aromatic N) is 1. The summed E-state index contributed by atoms with van der Waals surface area (Å²) >= 11 is 0. The zero-order chi connectivity index (χ0) is 8.48. The number of ether oxygens (including phenoxy) is 1. The summed E-state index contributed by atoms with van der Waals surface area (Å²) in [7, 11) is 1.24. The molecule has 0 aromatic carbocycles. The Morgan fingerprint density at radius 3 is 2.64 bits per heavy atom. The molecule has 60 valence electrons. The van der Waals surface area contributed by atoms with Gasteiger partial charge in [-0.3, -0.25) is 4.79 Å². The molecule has 1 N–H and O–H groups in total. The molecule has 0 atom stereocenters. The maximum atomic E-state index is 10.9. The van der Waals surface area contributed by atoms with Gasteiger partial charge in [-0.1, -0.05) is 0 Å². The van der Waals surface area contributed by atoms with Crippen LogP contribution in [0.2, 0.25) is 0 Å². The van der Waals surface area contributed by atoms with Gasteiger partial charge < -0.3 is 9.84 Å². The molecular weight excluding hydrogens is 146 g/mol. The zero-order valence-electron chi connectivity index (χ0n) is 6.20. The third-order valence-corrected chi connectivity index (χ3v) is 1.96. The van der Waals surface area contributed by atoms with Crippen molar-refractivity contribution in [2.45, 2.75) is 18.9 Å². The second-order valence-electron chi connectivity index (χ2n) is 2.75. The Labute approximate surface area is 64.4 Å². The molecule has 0 radical (unpaired) electrons. The summed E-state index contributed by atoms with van der Waals surface area (Å²) in [5.74, 6) is -0.537. The Bertz CT molecular complexity index is 212. The summed E-state index contributed by atoms with van der Waals surface area (Å²) in [5.41, 5.74) is -1.06. The van der Waals surface area contributed by atoms with Crippen LogP contribution < -0.4 is 0 Å². The van der Waals surface area contributed by atoms with E-state index in [4.69, 9.17) is 10.4 Å². The predicted octanol–water partition coefficient (Wildman–Crippen LogP) is -0.176. The van der Waals surface area contributed by atoms with E-state index in [1.807, 2.05) is 6.07 Å². The summed E-state index contributed by atoms with van der Waals surface area (Å²) < 4.78 is 4.42. The quantitative estimate of drug-likeness (QED) is 0.533. The number of aliphatic hydroxyl groups excluding tert-OH is 1. The lowest BCUT2D eigenvalue weighted by atomic mass is 9.68. The van der Waals surface area contributed by atoms with Crippen molar-refractivity contribution in [3.8, 4) is 6.07 Å². The number of rotatable bonds is 1. The van der Waals surface area contributed by atoms with Crippen LogP contribution >= 0.6 is 0 Å². The fourth-order valence-corrected chi connectivity index (χ4v) is 1.24. The molecule has 0 unspecified atom stereocenters. The van der Waals surface area contributed by atoms with E-state index in [0.29, 0.717) is 0 Å². The van der Waals surface area contributed by atoms with Crippen molar-refractivity contribution in [3.63, 3.8) is 0 Å². The number of nitriles is 1. The largest absolute Gasteiger partial charge is 0.468 e. The maximum absolute atomic E-state index is 10.9. The van der Waals surface area contributed by atoms with Gasteiger partial charge in [0.15, 0.2) is 5.41 Å². The standard InChI is InChI=1S/C7H9NO3/c1-11-6(10)7(4-8)2-5(9)3-7/h5,9H,2-3H2,1H3. The Morgan fingerprint density at radius 1 is 1.82 bits per heavy atom. The van der Waals surface area contributed by atoms with Gasteiger partial charge in [-0.05, 0) is 0 Å². The number of hydrogen-bond acceptors (Lipinski definition) is 4. The van der Waals surface area contributed by atoms with Crippen LogP contribution in [0.25, 0.3) is 0 Å². The van der Waals surface area contributed by atoms with Crippen LogP contribution in [0.15, 0.2) is 0 Å². The van der Waals surface area contributed by atoms with Crippen LogP contribution in [-0.4, -0.2) is 24.3 Å². The van der Waals surface area contributed by atoms with Crippen molar-refractivity contribution in [2.24, 2.45) is 5.41 Å². The molecule has 0 saturated heterocycles. The van der Waals surface area contributed by atoms with Gasteiger partial charge in [0.2, 0.25) is 0 Å². The van der Waals surface area contributed by atoms with E-state index in [1.54, 1.807) is 0 Å². The van der Waals surface area contributed by atoms with E-state index in [0.717, 1.165) is 0 Å². The highest BCUT2D eigenvalue weighted by Gasteiger charge is 2.51. The molecule has 0 bridgehead atoms. The third-order valence-electron chi connectivity index (χ3n) is 1.96. The maximum Gasteiger partial charge on any atom is 0.326 e. The monoisotopic (exact) mass is 155 g/mol. The first kappa shape index (κ1) is 8.02. The first-order valence-corrected chi connectivity index (χ1v) is 3.32. The lowest BCUT2D eigenvalue weighted by Crippen LogP contribution is -2.46. The topological polar surface area (TPSA) is 70.3 Å². The van der Waals surface area contributed by atoms with Crippen LogP contribution in [0.5, 0.6) is 0 Å². The van der Waals surface area contributed by atoms with E-state index < -0.39 is 17.5 Å². The van der Waals surface area contributed by atoms with Crippen LogP contribution in [0, 0.1) is 16.7 Å². The van der Waals surface area contributed by atoms with Gasteiger partial charge in [0.25, 0.3) is 0 Å². The third kappa shape index (κ3) is 1.08. The van der Waals surface area contributed by atoms with E-state index in [1.165, 1.54) is 7.11 Å². The number of aliphatic hydroxyl groups is 1. The van der Waals surface area contributed by atoms with Gasteiger partial charge in [0.05, 0.1) is 19.3 Å². The molecule has 1 fully saturated rings. The Kier molecular flexibility index (Phi) is 1.83. The summed E-state index contributed by atoms with van der Waals surface area (Å²) in [5, 5.41) is 17.5. The number of carbonyl (C=O) groups is 1. The van der Waals surface area contributed by atoms with Gasteiger partial charge in [-0.2, -0.15) is 5.26 Å². The van der Waals surface area contributed by atoms with Crippen molar-refractivity contribution in [1.82, 2.24) is 0 Å².